The van der Waals surface area contributed by atoms with Gasteiger partial charge in [0.1, 0.15) is 6.54 Å². The van der Waals surface area contributed by atoms with Gasteiger partial charge in [-0.1, -0.05) is 12.7 Å². The van der Waals surface area contributed by atoms with Gasteiger partial charge in [0.05, 0.1) is 0 Å². The summed E-state index contributed by atoms with van der Waals surface area (Å²) in [6, 6.07) is 4.21. The Labute approximate surface area is 84.5 Å². The molecule has 2 heteroatoms. The Morgan fingerprint density at radius 3 is 2.67 bits per heavy atom. The number of hydrogen-bond acceptors (Lipinski definition) is 0. The molecule has 0 aliphatic rings. The topological polar surface area (TPSA) is 3.88 Å². The second-order valence-corrected chi connectivity index (χ2v) is 2.59. The zero-order valence-electron chi connectivity index (χ0n) is 7.55. The Morgan fingerprint density at radius 1 is 1.58 bits per heavy atom. The minimum Gasteiger partial charge on any atom is -1.00 e. The number of halogens is 1. The van der Waals surface area contributed by atoms with Crippen molar-refractivity contribution in [3.63, 3.8) is 0 Å². The van der Waals surface area contributed by atoms with Crippen LogP contribution in [0.3, 0.4) is 0 Å². The van der Waals surface area contributed by atoms with E-state index in [4.69, 9.17) is 0 Å². The van der Waals surface area contributed by atoms with Crippen LogP contribution >= 0.6 is 0 Å². The Bertz CT molecular complexity index is 269. The van der Waals surface area contributed by atoms with Crippen molar-refractivity contribution in [1.82, 2.24) is 0 Å². The summed E-state index contributed by atoms with van der Waals surface area (Å²) in [5, 5.41) is 0. The molecule has 0 radical (unpaired) electrons. The van der Waals surface area contributed by atoms with E-state index in [-0.39, 0.29) is 17.0 Å². The summed E-state index contributed by atoms with van der Waals surface area (Å²) in [6.45, 7) is 9.00. The molecule has 12 heavy (non-hydrogen) atoms. The number of pyridine rings is 1. The van der Waals surface area contributed by atoms with Crippen molar-refractivity contribution in [3.05, 3.63) is 36.2 Å². The fourth-order valence-corrected chi connectivity index (χ4v) is 1.15. The van der Waals surface area contributed by atoms with Gasteiger partial charge in [-0.15, -0.1) is 0 Å². The first-order valence-corrected chi connectivity index (χ1v) is 3.90. The first kappa shape index (κ1) is 11.4. The number of aromatic nitrogens is 1. The Balaban J connectivity index is 0.00000121. The van der Waals surface area contributed by atoms with Crippen LogP contribution in [0.5, 0.6) is 0 Å². The van der Waals surface area contributed by atoms with Crippen molar-refractivity contribution < 1.29 is 21.5 Å². The van der Waals surface area contributed by atoms with Crippen molar-refractivity contribution in [2.75, 3.05) is 0 Å². The smallest absolute Gasteiger partial charge is 0.178 e. The summed E-state index contributed by atoms with van der Waals surface area (Å²) in [7, 11) is 0. The second-order valence-electron chi connectivity index (χ2n) is 2.59. The maximum Gasteiger partial charge on any atom is 0.178 e. The highest BCUT2D eigenvalue weighted by Crippen LogP contribution is 1.99. The van der Waals surface area contributed by atoms with Crippen LogP contribution in [0.25, 0.3) is 6.08 Å². The van der Waals surface area contributed by atoms with Gasteiger partial charge in [0.15, 0.2) is 11.9 Å². The van der Waals surface area contributed by atoms with Crippen LogP contribution in [-0.2, 0) is 6.54 Å². The maximum atomic E-state index is 3.72. The van der Waals surface area contributed by atoms with Crippen molar-refractivity contribution in [3.8, 4) is 0 Å². The van der Waals surface area contributed by atoms with Gasteiger partial charge in [0.25, 0.3) is 0 Å². The number of hydrogen-bond donors (Lipinski definition) is 0. The van der Waals surface area contributed by atoms with Crippen LogP contribution in [0.4, 0.5) is 0 Å². The van der Waals surface area contributed by atoms with Gasteiger partial charge in [-0.3, -0.25) is 0 Å². The van der Waals surface area contributed by atoms with Crippen LogP contribution in [0.15, 0.2) is 24.9 Å². The molecular weight excluding hydrogens is 214 g/mol. The molecule has 66 valence electrons. The fourth-order valence-electron chi connectivity index (χ4n) is 1.15. The van der Waals surface area contributed by atoms with Gasteiger partial charge < -0.3 is 17.0 Å². The van der Waals surface area contributed by atoms with Crippen LogP contribution in [0.1, 0.15) is 18.2 Å². The molecule has 0 unspecified atom stereocenters. The van der Waals surface area contributed by atoms with E-state index in [1.165, 1.54) is 11.3 Å². The lowest BCUT2D eigenvalue weighted by Crippen LogP contribution is -3.00. The van der Waals surface area contributed by atoms with Crippen LogP contribution in [0.2, 0.25) is 0 Å². The van der Waals surface area contributed by atoms with Crippen LogP contribution < -0.4 is 21.5 Å². The SMILES string of the molecule is C=Cc1cc[n+](CC)c(C)c1.[Br-]. The van der Waals surface area contributed by atoms with Crippen LogP contribution in [0, 0.1) is 6.92 Å². The normalized spacial score (nSPS) is 8.83. The molecule has 0 saturated heterocycles. The van der Waals surface area contributed by atoms with E-state index in [9.17, 15) is 0 Å². The molecule has 1 nitrogen and oxygen atoms in total. The lowest BCUT2D eigenvalue weighted by atomic mass is 10.2. The molecule has 0 spiro atoms. The molecule has 0 N–H and O–H groups in total. The quantitative estimate of drug-likeness (QED) is 0.569. The molecule has 1 heterocycles. The lowest BCUT2D eigenvalue weighted by molar-refractivity contribution is -0.699. The third kappa shape index (κ3) is 2.45. The molecular formula is C10H14BrN. The van der Waals surface area contributed by atoms with E-state index in [2.05, 4.69) is 43.3 Å². The molecule has 1 rings (SSSR count). The maximum absolute atomic E-state index is 3.72. The van der Waals surface area contributed by atoms with Crippen molar-refractivity contribution in [2.24, 2.45) is 0 Å². The number of nitrogens with zero attached hydrogens (tertiary/aromatic N) is 1. The zero-order chi connectivity index (χ0) is 8.27. The molecule has 0 amide bonds. The average molecular weight is 228 g/mol. The fraction of sp³-hybridized carbons (Fsp3) is 0.300. The van der Waals surface area contributed by atoms with E-state index in [1.54, 1.807) is 0 Å². The third-order valence-corrected chi connectivity index (χ3v) is 1.85. The summed E-state index contributed by atoms with van der Waals surface area (Å²) in [5.74, 6) is 0. The molecule has 0 atom stereocenters. The van der Waals surface area contributed by atoms with E-state index in [0.717, 1.165) is 6.54 Å². The van der Waals surface area contributed by atoms with E-state index >= 15 is 0 Å². The van der Waals surface area contributed by atoms with Gasteiger partial charge >= 0.3 is 0 Å². The number of rotatable bonds is 2. The van der Waals surface area contributed by atoms with Crippen molar-refractivity contribution >= 4 is 6.08 Å². The molecule has 0 aliphatic carbocycles. The largest absolute Gasteiger partial charge is 1.00 e. The predicted molar refractivity (Wildman–Crippen MR) is 47.1 cm³/mol. The standard InChI is InChI=1S/C10H14N.BrH/c1-4-10-6-7-11(5-2)9(3)8-10;/h4,6-8H,1,5H2,2-3H3;1H/q+1;/p-1. The highest BCUT2D eigenvalue weighted by Gasteiger charge is 2.01. The Kier molecular flexibility index (Phi) is 4.83. The molecule has 0 bridgehead atoms. The Morgan fingerprint density at radius 2 is 2.25 bits per heavy atom. The molecule has 1 aromatic heterocycles. The highest BCUT2D eigenvalue weighted by atomic mass is 79.9. The molecule has 0 aromatic carbocycles. The first-order chi connectivity index (χ1) is 5.27. The summed E-state index contributed by atoms with van der Waals surface area (Å²) >= 11 is 0. The summed E-state index contributed by atoms with van der Waals surface area (Å²) in [6.07, 6.45) is 3.96. The van der Waals surface area contributed by atoms with E-state index in [0.29, 0.717) is 0 Å². The van der Waals surface area contributed by atoms with E-state index < -0.39 is 0 Å². The van der Waals surface area contributed by atoms with Gasteiger partial charge in [0, 0.05) is 19.1 Å². The summed E-state index contributed by atoms with van der Waals surface area (Å²) < 4.78 is 2.20. The minimum atomic E-state index is 0. The lowest BCUT2D eigenvalue weighted by Gasteiger charge is -1.96. The zero-order valence-corrected chi connectivity index (χ0v) is 9.13. The summed E-state index contributed by atoms with van der Waals surface area (Å²) in [4.78, 5) is 0. The van der Waals surface area contributed by atoms with E-state index in [1.807, 2.05) is 6.08 Å². The van der Waals surface area contributed by atoms with Crippen molar-refractivity contribution in [2.45, 2.75) is 20.4 Å². The van der Waals surface area contributed by atoms with Gasteiger partial charge in [0.2, 0.25) is 0 Å². The van der Waals surface area contributed by atoms with Crippen molar-refractivity contribution in [1.29, 1.82) is 0 Å². The van der Waals surface area contributed by atoms with Crippen LogP contribution in [-0.4, -0.2) is 0 Å². The first-order valence-electron chi connectivity index (χ1n) is 3.90. The Hall–Kier alpha value is -0.630. The van der Waals surface area contributed by atoms with Gasteiger partial charge in [-0.2, -0.15) is 0 Å². The molecule has 0 fully saturated rings. The average Bonchev–Trinajstić information content (AvgIpc) is 2.04. The second kappa shape index (κ2) is 5.09. The molecule has 0 aliphatic heterocycles. The highest BCUT2D eigenvalue weighted by molar-refractivity contribution is 5.45. The van der Waals surface area contributed by atoms with Gasteiger partial charge in [-0.05, 0) is 12.5 Å². The predicted octanol–water partition coefficient (Wildman–Crippen LogP) is -1.05. The number of aryl methyl sites for hydroxylation is 2. The summed E-state index contributed by atoms with van der Waals surface area (Å²) in [5.41, 5.74) is 2.47. The van der Waals surface area contributed by atoms with Gasteiger partial charge in [-0.25, -0.2) is 4.57 Å². The third-order valence-electron chi connectivity index (χ3n) is 1.85. The monoisotopic (exact) mass is 227 g/mol. The minimum absolute atomic E-state index is 0. The molecule has 0 saturated carbocycles. The molecule has 1 aromatic rings.